The number of hydrogen-bond acceptors (Lipinski definition) is 3. The first-order chi connectivity index (χ1) is 9.54. The fraction of sp³-hybridized carbons (Fsp3) is 0.400. The van der Waals surface area contributed by atoms with Gasteiger partial charge >= 0.3 is 0 Å². The minimum Gasteiger partial charge on any atom is -0.493 e. The molecule has 0 aliphatic carbocycles. The molecule has 0 radical (unpaired) electrons. The second-order valence-corrected chi connectivity index (χ2v) is 5.45. The topological polar surface area (TPSA) is 47.3 Å². The summed E-state index contributed by atoms with van der Waals surface area (Å²) in [7, 11) is 1.88. The molecule has 5 heteroatoms. The van der Waals surface area contributed by atoms with Crippen LogP contribution in [0.2, 0.25) is 0 Å². The number of para-hydroxylation sites is 1. The van der Waals surface area contributed by atoms with E-state index in [1.807, 2.05) is 45.2 Å². The first kappa shape index (κ1) is 15.1. The molecular weight excluding hydrogens is 320 g/mol. The van der Waals surface area contributed by atoms with Gasteiger partial charge < -0.3 is 9.84 Å². The van der Waals surface area contributed by atoms with Crippen molar-refractivity contribution < 1.29 is 9.84 Å². The van der Waals surface area contributed by atoms with Crippen molar-refractivity contribution in [2.75, 3.05) is 6.61 Å². The molecule has 2 aromatic rings. The number of ether oxygens (including phenoxy) is 1. The van der Waals surface area contributed by atoms with Gasteiger partial charge in [0.05, 0.1) is 28.6 Å². The summed E-state index contributed by atoms with van der Waals surface area (Å²) < 4.78 is 8.32. The SMILES string of the molecule is CCOc1ccccc1C(O)Cc1c(Br)c(C)nn1C. The minimum absolute atomic E-state index is 0.488. The Bertz CT molecular complexity index is 596. The van der Waals surface area contributed by atoms with Gasteiger partial charge in [-0.05, 0) is 35.8 Å². The molecule has 0 saturated carbocycles. The predicted octanol–water partition coefficient (Wildman–Crippen LogP) is 3.17. The monoisotopic (exact) mass is 338 g/mol. The van der Waals surface area contributed by atoms with Gasteiger partial charge in [-0.2, -0.15) is 5.10 Å². The number of aromatic nitrogens is 2. The van der Waals surface area contributed by atoms with Gasteiger partial charge in [-0.3, -0.25) is 4.68 Å². The maximum Gasteiger partial charge on any atom is 0.125 e. The van der Waals surface area contributed by atoms with E-state index < -0.39 is 6.10 Å². The molecule has 1 atom stereocenters. The van der Waals surface area contributed by atoms with Gasteiger partial charge in [0.25, 0.3) is 0 Å². The third-order valence-electron chi connectivity index (χ3n) is 3.23. The Morgan fingerprint density at radius 3 is 2.70 bits per heavy atom. The standard InChI is InChI=1S/C15H19BrN2O2/c1-4-20-14-8-6-5-7-11(14)13(19)9-12-15(16)10(2)17-18(12)3/h5-8,13,19H,4,9H2,1-3H3. The van der Waals surface area contributed by atoms with Crippen molar-refractivity contribution in [2.45, 2.75) is 26.4 Å². The summed E-state index contributed by atoms with van der Waals surface area (Å²) in [6, 6.07) is 7.59. The van der Waals surface area contributed by atoms with Crippen LogP contribution in [0.3, 0.4) is 0 Å². The lowest BCUT2D eigenvalue weighted by Crippen LogP contribution is -2.08. The van der Waals surface area contributed by atoms with Crippen LogP contribution in [-0.4, -0.2) is 21.5 Å². The van der Waals surface area contributed by atoms with Crippen molar-refractivity contribution >= 4 is 15.9 Å². The Kier molecular flexibility index (Phi) is 4.83. The summed E-state index contributed by atoms with van der Waals surface area (Å²) in [6.45, 7) is 4.45. The van der Waals surface area contributed by atoms with Crippen molar-refractivity contribution in [1.29, 1.82) is 0 Å². The Balaban J connectivity index is 2.26. The maximum atomic E-state index is 10.5. The highest BCUT2D eigenvalue weighted by Crippen LogP contribution is 2.30. The normalized spacial score (nSPS) is 12.4. The second-order valence-electron chi connectivity index (χ2n) is 4.66. The highest BCUT2D eigenvalue weighted by molar-refractivity contribution is 9.10. The average Bonchev–Trinajstić information content (AvgIpc) is 2.66. The van der Waals surface area contributed by atoms with E-state index in [0.717, 1.165) is 27.2 Å². The Hall–Kier alpha value is -1.33. The number of benzene rings is 1. The van der Waals surface area contributed by atoms with Crippen LogP contribution in [0, 0.1) is 6.92 Å². The van der Waals surface area contributed by atoms with E-state index in [4.69, 9.17) is 4.74 Å². The third-order valence-corrected chi connectivity index (χ3v) is 4.26. The first-order valence-electron chi connectivity index (χ1n) is 6.62. The number of aliphatic hydroxyl groups excluding tert-OH is 1. The number of hydrogen-bond donors (Lipinski definition) is 1. The van der Waals surface area contributed by atoms with Gasteiger partial charge in [-0.15, -0.1) is 0 Å². The summed E-state index contributed by atoms with van der Waals surface area (Å²) in [4.78, 5) is 0. The highest BCUT2D eigenvalue weighted by atomic mass is 79.9. The maximum absolute atomic E-state index is 10.5. The zero-order valence-corrected chi connectivity index (χ0v) is 13.5. The second kappa shape index (κ2) is 6.41. The fourth-order valence-electron chi connectivity index (χ4n) is 2.24. The van der Waals surface area contributed by atoms with Crippen molar-refractivity contribution in [1.82, 2.24) is 9.78 Å². The summed E-state index contributed by atoms with van der Waals surface area (Å²) in [5.41, 5.74) is 2.70. The Morgan fingerprint density at radius 1 is 1.40 bits per heavy atom. The summed E-state index contributed by atoms with van der Waals surface area (Å²) in [5.74, 6) is 0.734. The van der Waals surface area contributed by atoms with Crippen LogP contribution < -0.4 is 4.74 Å². The summed E-state index contributed by atoms with van der Waals surface area (Å²) in [6.07, 6.45) is -0.133. The molecule has 0 bridgehead atoms. The van der Waals surface area contributed by atoms with E-state index in [-0.39, 0.29) is 0 Å². The number of aryl methyl sites for hydroxylation is 2. The largest absolute Gasteiger partial charge is 0.493 e. The minimum atomic E-state index is -0.621. The number of halogens is 1. The van der Waals surface area contributed by atoms with Crippen LogP contribution in [-0.2, 0) is 13.5 Å². The summed E-state index contributed by atoms with van der Waals surface area (Å²) >= 11 is 3.53. The molecule has 4 nitrogen and oxygen atoms in total. The number of rotatable bonds is 5. The molecule has 108 valence electrons. The van der Waals surface area contributed by atoms with Crippen molar-refractivity contribution in [3.05, 3.63) is 45.7 Å². The molecule has 20 heavy (non-hydrogen) atoms. The van der Waals surface area contributed by atoms with Crippen LogP contribution in [0.15, 0.2) is 28.7 Å². The molecule has 0 fully saturated rings. The number of nitrogens with zero attached hydrogens (tertiary/aromatic N) is 2. The molecule has 0 aliphatic rings. The molecule has 0 spiro atoms. The van der Waals surface area contributed by atoms with Crippen LogP contribution >= 0.6 is 15.9 Å². The zero-order chi connectivity index (χ0) is 14.7. The molecule has 0 amide bonds. The molecule has 1 unspecified atom stereocenters. The smallest absolute Gasteiger partial charge is 0.125 e. The first-order valence-corrected chi connectivity index (χ1v) is 7.41. The lowest BCUT2D eigenvalue weighted by atomic mass is 10.0. The average molecular weight is 339 g/mol. The van der Waals surface area contributed by atoms with Gasteiger partial charge in [0, 0.05) is 19.0 Å². The van der Waals surface area contributed by atoms with Crippen LogP contribution in [0.1, 0.15) is 30.0 Å². The van der Waals surface area contributed by atoms with E-state index in [9.17, 15) is 5.11 Å². The predicted molar refractivity (Wildman–Crippen MR) is 81.9 cm³/mol. The molecule has 0 saturated heterocycles. The van der Waals surface area contributed by atoms with E-state index in [1.54, 1.807) is 4.68 Å². The van der Waals surface area contributed by atoms with E-state index in [1.165, 1.54) is 0 Å². The van der Waals surface area contributed by atoms with Gasteiger partial charge in [-0.25, -0.2) is 0 Å². The lowest BCUT2D eigenvalue weighted by molar-refractivity contribution is 0.169. The quantitative estimate of drug-likeness (QED) is 0.910. The molecule has 1 aromatic carbocycles. The van der Waals surface area contributed by atoms with Gasteiger partial charge in [0.1, 0.15) is 5.75 Å². The number of aliphatic hydroxyl groups is 1. The van der Waals surface area contributed by atoms with Crippen molar-refractivity contribution in [3.63, 3.8) is 0 Å². The molecular formula is C15H19BrN2O2. The van der Waals surface area contributed by atoms with E-state index in [2.05, 4.69) is 21.0 Å². The molecule has 1 N–H and O–H groups in total. The van der Waals surface area contributed by atoms with Gasteiger partial charge in [-0.1, -0.05) is 18.2 Å². The third kappa shape index (κ3) is 3.04. The summed E-state index contributed by atoms with van der Waals surface area (Å²) in [5, 5.41) is 14.8. The molecule has 2 rings (SSSR count). The zero-order valence-electron chi connectivity index (χ0n) is 11.9. The van der Waals surface area contributed by atoms with Gasteiger partial charge in [0.2, 0.25) is 0 Å². The van der Waals surface area contributed by atoms with Crippen LogP contribution in [0.25, 0.3) is 0 Å². The Labute approximate surface area is 127 Å². The van der Waals surface area contributed by atoms with Crippen LogP contribution in [0.4, 0.5) is 0 Å². The van der Waals surface area contributed by atoms with Gasteiger partial charge in [0.15, 0.2) is 0 Å². The van der Waals surface area contributed by atoms with Crippen molar-refractivity contribution in [2.24, 2.45) is 7.05 Å². The van der Waals surface area contributed by atoms with Crippen molar-refractivity contribution in [3.8, 4) is 5.75 Å². The van der Waals surface area contributed by atoms with E-state index >= 15 is 0 Å². The lowest BCUT2D eigenvalue weighted by Gasteiger charge is -2.16. The van der Waals surface area contributed by atoms with E-state index in [0.29, 0.717) is 13.0 Å². The van der Waals surface area contributed by atoms with Crippen LogP contribution in [0.5, 0.6) is 5.75 Å². The Morgan fingerprint density at radius 2 is 2.10 bits per heavy atom. The molecule has 0 aliphatic heterocycles. The molecule has 1 aromatic heterocycles. The fourth-order valence-corrected chi connectivity index (χ4v) is 2.74. The molecule has 1 heterocycles. The highest BCUT2D eigenvalue weighted by Gasteiger charge is 2.18.